The van der Waals surface area contributed by atoms with Crippen LogP contribution >= 0.6 is 19.6 Å². The number of hydrogen-bond acceptors (Lipinski definition) is 10. The maximum Gasteiger partial charge on any atom is 0.469 e. The Hall–Kier alpha value is -2.77. The first-order valence-electron chi connectivity index (χ1n) is 21.2. The summed E-state index contributed by atoms with van der Waals surface area (Å²) in [6, 6.07) is -1.21. The summed E-state index contributed by atoms with van der Waals surface area (Å²) in [5, 5.41) is 19.3. The fourth-order valence-corrected chi connectivity index (χ4v) is 6.86. The molecule has 0 unspecified atom stereocenters. The quantitative estimate of drug-likeness (QED) is 0.0129. The number of phosphoric ester groups is 1. The third kappa shape index (κ3) is 37.5. The van der Waals surface area contributed by atoms with Crippen molar-refractivity contribution in [3.63, 3.8) is 0 Å². The number of carbonyl (C=O) groups excluding carboxylic acids is 2. The summed E-state index contributed by atoms with van der Waals surface area (Å²) >= 11 is 1.18. The van der Waals surface area contributed by atoms with E-state index in [1.165, 1.54) is 56.7 Å². The molecule has 0 aliphatic rings. The van der Waals surface area contributed by atoms with Crippen molar-refractivity contribution in [2.45, 2.75) is 166 Å². The van der Waals surface area contributed by atoms with Crippen molar-refractivity contribution in [3.05, 3.63) is 72.9 Å². The molecule has 0 aliphatic heterocycles. The number of carbonyl (C=O) groups is 3. The highest BCUT2D eigenvalue weighted by Gasteiger charge is 2.27. The molecule has 58 heavy (non-hydrogen) atoms. The Morgan fingerprint density at radius 2 is 1.29 bits per heavy atom. The number of aliphatic hydroxyl groups is 1. The highest BCUT2D eigenvalue weighted by molar-refractivity contribution is 8.00. The number of phosphoric acid groups is 1. The molecular formula is C44H74NO11PS. The number of allylic oxidation sites excluding steroid dienone is 11. The predicted octanol–water partition coefficient (Wildman–Crippen LogP) is 9.60. The number of unbranched alkanes of at least 4 members (excludes halogenated alkanes) is 12. The summed E-state index contributed by atoms with van der Waals surface area (Å²) in [7, 11) is -4.92. The van der Waals surface area contributed by atoms with Gasteiger partial charge in [-0.2, -0.15) is 0 Å². The van der Waals surface area contributed by atoms with Crippen LogP contribution in [0.25, 0.3) is 0 Å². The van der Waals surface area contributed by atoms with Crippen LogP contribution in [0, 0.1) is 0 Å². The van der Waals surface area contributed by atoms with Crippen LogP contribution in [-0.2, 0) is 32.9 Å². The van der Waals surface area contributed by atoms with Gasteiger partial charge in [0.25, 0.3) is 0 Å². The van der Waals surface area contributed by atoms with Gasteiger partial charge < -0.3 is 35.2 Å². The number of esters is 2. The van der Waals surface area contributed by atoms with E-state index in [9.17, 15) is 33.8 Å². The van der Waals surface area contributed by atoms with E-state index in [0.29, 0.717) is 6.42 Å². The van der Waals surface area contributed by atoms with Gasteiger partial charge in [0.15, 0.2) is 6.10 Å². The Morgan fingerprint density at radius 3 is 1.97 bits per heavy atom. The SMILES string of the molecule is CCCCC/C=C\C\C=C/C=C/C=C/[C@@H](SC[C@H](N)C(=O)O[C@H](COC(=O)CCCCCCC/C=C\C=C/CCCCCC)COP(=O)(O)O)[C@@H](O)CCCC(=O)O. The van der Waals surface area contributed by atoms with E-state index in [1.54, 1.807) is 18.2 Å². The van der Waals surface area contributed by atoms with Gasteiger partial charge in [-0.1, -0.05) is 138 Å². The third-order valence-corrected chi connectivity index (χ3v) is 10.6. The van der Waals surface area contributed by atoms with Crippen molar-refractivity contribution in [1.29, 1.82) is 0 Å². The molecule has 0 bridgehead atoms. The molecule has 0 saturated carbocycles. The smallest absolute Gasteiger partial charge is 0.469 e. The Kier molecular flexibility index (Phi) is 36.6. The molecule has 0 aromatic carbocycles. The first kappa shape index (κ1) is 55.2. The number of carboxylic acids is 1. The lowest BCUT2D eigenvalue weighted by atomic mass is 10.1. The van der Waals surface area contributed by atoms with Crippen molar-refractivity contribution in [3.8, 4) is 0 Å². The zero-order chi connectivity index (χ0) is 43.1. The van der Waals surface area contributed by atoms with E-state index < -0.39 is 62.4 Å². The maximum atomic E-state index is 12.9. The highest BCUT2D eigenvalue weighted by Crippen LogP contribution is 2.36. The molecule has 0 aromatic heterocycles. The molecule has 0 spiro atoms. The second-order valence-electron chi connectivity index (χ2n) is 14.2. The summed E-state index contributed by atoms with van der Waals surface area (Å²) < 4.78 is 26.5. The summed E-state index contributed by atoms with van der Waals surface area (Å²) in [5.41, 5.74) is 6.11. The average molecular weight is 856 g/mol. The van der Waals surface area contributed by atoms with Crippen LogP contribution in [0.15, 0.2) is 72.9 Å². The monoisotopic (exact) mass is 855 g/mol. The van der Waals surface area contributed by atoms with Gasteiger partial charge in [-0.05, 0) is 64.2 Å². The normalized spacial score (nSPS) is 14.7. The summed E-state index contributed by atoms with van der Waals surface area (Å²) in [5.74, 6) is -2.42. The van der Waals surface area contributed by atoms with E-state index in [1.807, 2.05) is 18.2 Å². The van der Waals surface area contributed by atoms with Gasteiger partial charge >= 0.3 is 25.7 Å². The van der Waals surface area contributed by atoms with Crippen LogP contribution in [0.2, 0.25) is 0 Å². The molecule has 4 atom stereocenters. The minimum absolute atomic E-state index is 0.00355. The zero-order valence-corrected chi connectivity index (χ0v) is 36.8. The fraction of sp³-hybridized carbons (Fsp3) is 0.659. The van der Waals surface area contributed by atoms with Crippen molar-refractivity contribution >= 4 is 37.5 Å². The first-order valence-corrected chi connectivity index (χ1v) is 23.8. The molecule has 0 heterocycles. The average Bonchev–Trinajstić information content (AvgIpc) is 3.18. The summed E-state index contributed by atoms with van der Waals surface area (Å²) in [6.45, 7) is 3.18. The lowest BCUT2D eigenvalue weighted by molar-refractivity contribution is -0.161. The third-order valence-electron chi connectivity index (χ3n) is 8.73. The van der Waals surface area contributed by atoms with Crippen molar-refractivity contribution in [2.75, 3.05) is 19.0 Å². The van der Waals surface area contributed by atoms with E-state index in [-0.39, 0.29) is 31.4 Å². The molecule has 0 fully saturated rings. The largest absolute Gasteiger partial charge is 0.481 e. The van der Waals surface area contributed by atoms with Crippen LogP contribution in [0.5, 0.6) is 0 Å². The number of hydrogen-bond donors (Lipinski definition) is 5. The Balaban J connectivity index is 4.92. The summed E-state index contributed by atoms with van der Waals surface area (Å²) in [6.07, 6.45) is 39.5. The number of carboxylic acid groups (broad SMARTS) is 1. The number of ether oxygens (including phenoxy) is 2. The van der Waals surface area contributed by atoms with Crippen molar-refractivity contribution < 1.29 is 52.9 Å². The molecule has 0 aliphatic carbocycles. The van der Waals surface area contributed by atoms with E-state index >= 15 is 0 Å². The minimum Gasteiger partial charge on any atom is -0.481 e. The lowest BCUT2D eigenvalue weighted by Gasteiger charge is -2.23. The second kappa shape index (κ2) is 38.4. The van der Waals surface area contributed by atoms with Gasteiger partial charge in [0.05, 0.1) is 12.7 Å². The minimum atomic E-state index is -4.92. The molecule has 6 N–H and O–H groups in total. The molecular weight excluding hydrogens is 782 g/mol. The molecule has 12 nitrogen and oxygen atoms in total. The number of thioether (sulfide) groups is 1. The highest BCUT2D eigenvalue weighted by atomic mass is 32.2. The van der Waals surface area contributed by atoms with Gasteiger partial charge in [0, 0.05) is 23.8 Å². The molecule has 0 amide bonds. The Morgan fingerprint density at radius 1 is 0.707 bits per heavy atom. The van der Waals surface area contributed by atoms with Crippen molar-refractivity contribution in [1.82, 2.24) is 0 Å². The van der Waals surface area contributed by atoms with Crippen LogP contribution in [0.3, 0.4) is 0 Å². The lowest BCUT2D eigenvalue weighted by Crippen LogP contribution is -2.40. The molecule has 14 heteroatoms. The second-order valence-corrected chi connectivity index (χ2v) is 16.6. The van der Waals surface area contributed by atoms with Crippen LogP contribution < -0.4 is 5.73 Å². The number of rotatable bonds is 38. The first-order chi connectivity index (χ1) is 27.9. The predicted molar refractivity (Wildman–Crippen MR) is 235 cm³/mol. The van der Waals surface area contributed by atoms with Crippen LogP contribution in [0.1, 0.15) is 142 Å². The number of nitrogens with two attached hydrogens (primary N) is 1. The zero-order valence-electron chi connectivity index (χ0n) is 35.1. The molecule has 0 aromatic rings. The van der Waals surface area contributed by atoms with Crippen LogP contribution in [0.4, 0.5) is 0 Å². The maximum absolute atomic E-state index is 12.9. The molecule has 0 radical (unpaired) electrons. The molecule has 332 valence electrons. The number of aliphatic carboxylic acids is 1. The summed E-state index contributed by atoms with van der Waals surface area (Å²) in [4.78, 5) is 54.7. The van der Waals surface area contributed by atoms with Crippen LogP contribution in [-0.4, -0.2) is 80.4 Å². The van der Waals surface area contributed by atoms with Gasteiger partial charge in [-0.3, -0.25) is 18.9 Å². The Labute approximate surface area is 352 Å². The topological polar surface area (TPSA) is 203 Å². The van der Waals surface area contributed by atoms with E-state index in [4.69, 9.17) is 20.3 Å². The van der Waals surface area contributed by atoms with E-state index in [2.05, 4.69) is 54.8 Å². The van der Waals surface area contributed by atoms with Crippen molar-refractivity contribution in [2.24, 2.45) is 5.73 Å². The van der Waals surface area contributed by atoms with Gasteiger partial charge in [0.2, 0.25) is 0 Å². The van der Waals surface area contributed by atoms with Gasteiger partial charge in [0.1, 0.15) is 12.6 Å². The Bertz CT molecular complexity index is 1290. The fourth-order valence-electron chi connectivity index (χ4n) is 5.37. The van der Waals surface area contributed by atoms with Gasteiger partial charge in [-0.25, -0.2) is 4.57 Å². The molecule has 0 rings (SSSR count). The standard InChI is InChI=1S/C44H74NO11PS/c1-3-5-7-9-11-13-15-17-18-19-21-23-25-27-29-34-43(49)54-35-38(36-55-57(51,52)53)56-44(50)39(45)37-58-41(40(46)31-30-33-42(47)48)32-28-26-24-22-20-16-14-12-10-8-6-4-2/h12-15,17-18,20,22,24,26,28,32,38-41,46H,3-11,16,19,21,23,25,27,29-31,33-37,45H2,1-2H3,(H,47,48)(H2,51,52,53)/b14-12-,15-13-,18-17-,22-20-,26-24+,32-28+/t38-,39+,40+,41-/m1/s1. The van der Waals surface area contributed by atoms with Gasteiger partial charge in [-0.15, -0.1) is 11.8 Å². The van der Waals surface area contributed by atoms with E-state index in [0.717, 1.165) is 51.4 Å². The number of aliphatic hydroxyl groups excluding tert-OH is 1. The molecule has 0 saturated heterocycles.